The molecule has 30 heavy (non-hydrogen) atoms. The van der Waals surface area contributed by atoms with Gasteiger partial charge < -0.3 is 11.5 Å². The van der Waals surface area contributed by atoms with Crippen molar-refractivity contribution < 1.29 is 9.59 Å². The highest BCUT2D eigenvalue weighted by atomic mass is 16.1. The Kier molecular flexibility index (Phi) is 5.04. The van der Waals surface area contributed by atoms with Crippen LogP contribution in [0.15, 0.2) is 24.3 Å². The minimum absolute atomic E-state index is 0.142. The molecule has 0 fully saturated rings. The summed E-state index contributed by atoms with van der Waals surface area (Å²) in [5, 5.41) is 18.8. The molecule has 0 saturated heterocycles. The fourth-order valence-corrected chi connectivity index (χ4v) is 3.75. The zero-order chi connectivity index (χ0) is 22.3. The van der Waals surface area contributed by atoms with Gasteiger partial charge in [-0.25, -0.2) is 0 Å². The number of nitrogens with zero attached hydrogens (tertiary/aromatic N) is 2. The number of carbonyl (C=O) groups is 2. The number of ketones is 2. The Hall–Kier alpha value is -4.16. The molecular formula is C24H20N4O2. The second-order valence-corrected chi connectivity index (χ2v) is 7.38. The van der Waals surface area contributed by atoms with Crippen molar-refractivity contribution in [3.63, 3.8) is 0 Å². The molecule has 0 saturated carbocycles. The van der Waals surface area contributed by atoms with E-state index in [4.69, 9.17) is 11.5 Å². The molecule has 2 aromatic rings. The van der Waals surface area contributed by atoms with Gasteiger partial charge >= 0.3 is 0 Å². The smallest absolute Gasteiger partial charge is 0.187 e. The van der Waals surface area contributed by atoms with Crippen molar-refractivity contribution in [2.45, 2.75) is 27.7 Å². The van der Waals surface area contributed by atoms with E-state index in [0.717, 1.165) is 0 Å². The van der Waals surface area contributed by atoms with Crippen LogP contribution in [0.5, 0.6) is 0 Å². The number of carbonyl (C=O) groups excluding carboxylic acids is 2. The summed E-state index contributed by atoms with van der Waals surface area (Å²) in [4.78, 5) is 26.1. The molecule has 148 valence electrons. The van der Waals surface area contributed by atoms with E-state index in [9.17, 15) is 20.1 Å². The summed E-state index contributed by atoms with van der Waals surface area (Å²) in [7, 11) is 0. The third kappa shape index (κ3) is 3.05. The zero-order valence-corrected chi connectivity index (χ0v) is 17.2. The lowest BCUT2D eigenvalue weighted by Gasteiger charge is -2.20. The van der Waals surface area contributed by atoms with Gasteiger partial charge in [0, 0.05) is 33.6 Å². The van der Waals surface area contributed by atoms with Crippen LogP contribution in [-0.2, 0) is 9.59 Å². The van der Waals surface area contributed by atoms with Crippen molar-refractivity contribution in [3.8, 4) is 12.1 Å². The summed E-state index contributed by atoms with van der Waals surface area (Å²) in [6.45, 7) is 6.89. The van der Waals surface area contributed by atoms with Crippen LogP contribution in [0.2, 0.25) is 0 Å². The normalized spacial score (nSPS) is 13.4. The topological polar surface area (TPSA) is 134 Å². The average molecular weight is 396 g/mol. The molecule has 1 aliphatic carbocycles. The lowest BCUT2D eigenvalue weighted by atomic mass is 9.82. The van der Waals surface area contributed by atoms with Crippen LogP contribution in [0, 0.1) is 50.4 Å². The predicted molar refractivity (Wildman–Crippen MR) is 116 cm³/mol. The molecule has 3 rings (SSSR count). The van der Waals surface area contributed by atoms with Gasteiger partial charge in [0.2, 0.25) is 0 Å². The number of benzene rings is 2. The molecule has 0 aliphatic heterocycles. The third-order valence-electron chi connectivity index (χ3n) is 5.53. The van der Waals surface area contributed by atoms with Crippen molar-refractivity contribution in [2.24, 2.45) is 0 Å². The molecule has 0 bridgehead atoms. The van der Waals surface area contributed by atoms with E-state index in [1.165, 1.54) is 12.2 Å². The fourth-order valence-electron chi connectivity index (χ4n) is 3.75. The molecule has 2 aromatic carbocycles. The number of anilines is 2. The van der Waals surface area contributed by atoms with Crippen molar-refractivity contribution >= 4 is 34.1 Å². The first-order chi connectivity index (χ1) is 14.1. The molecule has 6 nitrogen and oxygen atoms in total. The molecular weight excluding hydrogens is 376 g/mol. The summed E-state index contributed by atoms with van der Waals surface area (Å²) in [6, 6.07) is 7.51. The Morgan fingerprint density at radius 3 is 1.33 bits per heavy atom. The number of rotatable bonds is 2. The first kappa shape index (κ1) is 20.6. The number of nitriles is 2. The lowest BCUT2D eigenvalue weighted by Crippen LogP contribution is -2.16. The van der Waals surface area contributed by atoms with Gasteiger partial charge in [0.15, 0.2) is 11.6 Å². The zero-order valence-electron chi connectivity index (χ0n) is 17.2. The van der Waals surface area contributed by atoms with E-state index in [1.54, 1.807) is 39.8 Å². The summed E-state index contributed by atoms with van der Waals surface area (Å²) in [5.74, 6) is -0.819. The Balaban J connectivity index is 2.22. The molecule has 0 aromatic heterocycles. The average Bonchev–Trinajstić information content (AvgIpc) is 2.70. The maximum Gasteiger partial charge on any atom is 0.187 e. The van der Waals surface area contributed by atoms with Crippen LogP contribution in [0.1, 0.15) is 44.5 Å². The SMILES string of the molecule is Cc1cc(C#N)c(C)c(C2=CC(=O)C(c3c(C)c(C#N)cc(C)c3N)=CC2=O)c1N. The van der Waals surface area contributed by atoms with E-state index in [-0.39, 0.29) is 11.1 Å². The fraction of sp³-hybridized carbons (Fsp3) is 0.167. The van der Waals surface area contributed by atoms with E-state index >= 15 is 0 Å². The first-order valence-corrected chi connectivity index (χ1v) is 9.24. The summed E-state index contributed by atoms with van der Waals surface area (Å²) < 4.78 is 0. The summed E-state index contributed by atoms with van der Waals surface area (Å²) in [5.41, 5.74) is 17.4. The Labute approximate surface area is 174 Å². The van der Waals surface area contributed by atoms with Gasteiger partial charge in [0.05, 0.1) is 23.3 Å². The number of hydrogen-bond donors (Lipinski definition) is 2. The van der Waals surface area contributed by atoms with E-state index in [1.807, 2.05) is 0 Å². The molecule has 0 spiro atoms. The van der Waals surface area contributed by atoms with Gasteiger partial charge in [-0.2, -0.15) is 10.5 Å². The van der Waals surface area contributed by atoms with Crippen molar-refractivity contribution in [1.29, 1.82) is 10.5 Å². The van der Waals surface area contributed by atoms with Gasteiger partial charge in [0.25, 0.3) is 0 Å². The molecule has 0 radical (unpaired) electrons. The van der Waals surface area contributed by atoms with Crippen LogP contribution < -0.4 is 11.5 Å². The van der Waals surface area contributed by atoms with Crippen LogP contribution in [0.25, 0.3) is 11.1 Å². The van der Waals surface area contributed by atoms with Gasteiger partial charge in [-0.3, -0.25) is 9.59 Å². The van der Waals surface area contributed by atoms with Crippen molar-refractivity contribution in [3.05, 3.63) is 68.8 Å². The Morgan fingerprint density at radius 1 is 0.700 bits per heavy atom. The van der Waals surface area contributed by atoms with Crippen LogP contribution in [0.4, 0.5) is 11.4 Å². The van der Waals surface area contributed by atoms with Crippen LogP contribution >= 0.6 is 0 Å². The second kappa shape index (κ2) is 7.35. The Morgan fingerprint density at radius 2 is 1.03 bits per heavy atom. The second-order valence-electron chi connectivity index (χ2n) is 7.38. The third-order valence-corrected chi connectivity index (χ3v) is 5.53. The highest BCUT2D eigenvalue weighted by Gasteiger charge is 2.28. The van der Waals surface area contributed by atoms with Crippen LogP contribution in [-0.4, -0.2) is 11.6 Å². The summed E-state index contributed by atoms with van der Waals surface area (Å²) in [6.07, 6.45) is 2.48. The van der Waals surface area contributed by atoms with Crippen LogP contribution in [0.3, 0.4) is 0 Å². The van der Waals surface area contributed by atoms with E-state index in [0.29, 0.717) is 55.9 Å². The number of allylic oxidation sites excluding steroid dienone is 4. The number of aryl methyl sites for hydroxylation is 2. The van der Waals surface area contributed by atoms with Gasteiger partial charge in [-0.15, -0.1) is 0 Å². The van der Waals surface area contributed by atoms with Gasteiger partial charge in [-0.05, 0) is 74.2 Å². The van der Waals surface area contributed by atoms with E-state index < -0.39 is 11.6 Å². The van der Waals surface area contributed by atoms with E-state index in [2.05, 4.69) is 12.1 Å². The quantitative estimate of drug-likeness (QED) is 0.590. The number of hydrogen-bond acceptors (Lipinski definition) is 6. The largest absolute Gasteiger partial charge is 0.398 e. The molecule has 0 unspecified atom stereocenters. The minimum atomic E-state index is -0.410. The molecule has 0 heterocycles. The standard InChI is InChI=1S/C24H20N4O2/c1-11-5-15(9-25)13(3)21(23(11)27)17-7-20(30)18(8-19(17)29)22-14(4)16(10-26)6-12(2)24(22)28/h5-8H,27-28H2,1-4H3. The predicted octanol–water partition coefficient (Wildman–Crippen LogP) is 3.45. The van der Waals surface area contributed by atoms with Crippen molar-refractivity contribution in [2.75, 3.05) is 11.5 Å². The lowest BCUT2D eigenvalue weighted by molar-refractivity contribution is -0.112. The molecule has 4 N–H and O–H groups in total. The molecule has 1 aliphatic rings. The highest BCUT2D eigenvalue weighted by Crippen LogP contribution is 2.37. The highest BCUT2D eigenvalue weighted by molar-refractivity contribution is 6.45. The minimum Gasteiger partial charge on any atom is -0.398 e. The monoisotopic (exact) mass is 396 g/mol. The molecule has 6 heteroatoms. The first-order valence-electron chi connectivity index (χ1n) is 9.24. The number of nitrogen functional groups attached to an aromatic ring is 2. The number of nitrogens with two attached hydrogens (primary N) is 2. The maximum absolute atomic E-state index is 13.1. The molecule has 0 atom stereocenters. The van der Waals surface area contributed by atoms with Gasteiger partial charge in [-0.1, -0.05) is 0 Å². The summed E-state index contributed by atoms with van der Waals surface area (Å²) >= 11 is 0. The van der Waals surface area contributed by atoms with Crippen molar-refractivity contribution in [1.82, 2.24) is 0 Å². The molecule has 0 amide bonds. The maximum atomic E-state index is 13.1. The van der Waals surface area contributed by atoms with Gasteiger partial charge in [0.1, 0.15) is 0 Å². The Bertz CT molecular complexity index is 1200.